The normalized spacial score (nSPS) is 26.8. The lowest BCUT2D eigenvalue weighted by Gasteiger charge is -1.97. The summed E-state index contributed by atoms with van der Waals surface area (Å²) in [6, 6.07) is 0. The van der Waals surface area contributed by atoms with Crippen LogP contribution in [-0.4, -0.2) is 23.7 Å². The number of ether oxygens (including phenoxy) is 1. The first-order valence-electron chi connectivity index (χ1n) is 2.55. The van der Waals surface area contributed by atoms with Gasteiger partial charge in [-0.05, 0) is 11.6 Å². The highest BCUT2D eigenvalue weighted by molar-refractivity contribution is 6.66. The highest BCUT2D eigenvalue weighted by Gasteiger charge is 2.30. The van der Waals surface area contributed by atoms with Gasteiger partial charge >= 0.3 is 0 Å². The zero-order chi connectivity index (χ0) is 6.85. The Balaban J connectivity index is 2.60. The van der Waals surface area contributed by atoms with Crippen molar-refractivity contribution in [3.8, 4) is 0 Å². The quantitative estimate of drug-likeness (QED) is 0.392. The smallest absolute Gasteiger partial charge is 0.258 e. The molecular formula is C5H5ClO3. The van der Waals surface area contributed by atoms with Crippen molar-refractivity contribution in [2.75, 3.05) is 6.61 Å². The second-order valence-corrected chi connectivity index (χ2v) is 2.14. The summed E-state index contributed by atoms with van der Waals surface area (Å²) >= 11 is 4.99. The van der Waals surface area contributed by atoms with Crippen molar-refractivity contribution in [3.05, 3.63) is 0 Å². The van der Waals surface area contributed by atoms with E-state index in [0.29, 0.717) is 13.0 Å². The van der Waals surface area contributed by atoms with Crippen molar-refractivity contribution in [1.82, 2.24) is 0 Å². The van der Waals surface area contributed by atoms with E-state index in [1.807, 2.05) is 0 Å². The second-order valence-electron chi connectivity index (χ2n) is 1.77. The number of halogens is 1. The molecule has 1 saturated heterocycles. The van der Waals surface area contributed by atoms with Gasteiger partial charge in [-0.2, -0.15) is 0 Å². The van der Waals surface area contributed by atoms with Gasteiger partial charge in [0.05, 0.1) is 6.61 Å². The van der Waals surface area contributed by atoms with Crippen LogP contribution in [-0.2, 0) is 14.3 Å². The highest BCUT2D eigenvalue weighted by atomic mass is 35.5. The number of carbonyl (C=O) groups excluding carboxylic acids is 2. The molecule has 0 N–H and O–H groups in total. The third kappa shape index (κ3) is 1.28. The third-order valence-electron chi connectivity index (χ3n) is 1.13. The van der Waals surface area contributed by atoms with Crippen LogP contribution in [0.1, 0.15) is 6.42 Å². The number of hydrogen-bond acceptors (Lipinski definition) is 3. The minimum Gasteiger partial charge on any atom is -0.361 e. The van der Waals surface area contributed by atoms with Crippen LogP contribution in [0.25, 0.3) is 0 Å². The molecule has 1 atom stereocenters. The number of carbonyl (C=O) groups is 2. The molecule has 0 aromatic heterocycles. The molecule has 1 aliphatic rings. The molecule has 0 aliphatic carbocycles. The summed E-state index contributed by atoms with van der Waals surface area (Å²) in [6.45, 7) is 0.321. The van der Waals surface area contributed by atoms with Gasteiger partial charge in [-0.15, -0.1) is 0 Å². The minimum absolute atomic E-state index is 0.213. The van der Waals surface area contributed by atoms with Gasteiger partial charge in [-0.1, -0.05) is 0 Å². The number of Topliss-reactive ketones (excluding diaryl/α,β-unsaturated/α-hetero) is 1. The summed E-state index contributed by atoms with van der Waals surface area (Å²) in [4.78, 5) is 20.9. The van der Waals surface area contributed by atoms with Crippen LogP contribution in [0.3, 0.4) is 0 Å². The molecule has 3 nitrogen and oxygen atoms in total. The van der Waals surface area contributed by atoms with Gasteiger partial charge in [0.15, 0.2) is 11.9 Å². The minimum atomic E-state index is -0.980. The zero-order valence-electron chi connectivity index (χ0n) is 4.59. The van der Waals surface area contributed by atoms with E-state index in [1.54, 1.807) is 0 Å². The Morgan fingerprint density at radius 3 is 2.67 bits per heavy atom. The standard InChI is InChI=1S/C5H5ClO3/c6-5(8)4-3(7)1-2-9-4/h4H,1-2H2. The molecule has 0 aromatic carbocycles. The second kappa shape index (κ2) is 2.45. The van der Waals surface area contributed by atoms with Gasteiger partial charge in [0.1, 0.15) is 0 Å². The van der Waals surface area contributed by atoms with E-state index in [1.165, 1.54) is 0 Å². The first-order valence-corrected chi connectivity index (χ1v) is 2.93. The van der Waals surface area contributed by atoms with Crippen LogP contribution in [0.4, 0.5) is 0 Å². The van der Waals surface area contributed by atoms with Gasteiger partial charge in [0.2, 0.25) is 0 Å². The van der Waals surface area contributed by atoms with Crippen molar-refractivity contribution in [2.24, 2.45) is 0 Å². The molecule has 0 bridgehead atoms. The fraction of sp³-hybridized carbons (Fsp3) is 0.600. The Morgan fingerprint density at radius 1 is 1.78 bits per heavy atom. The Bertz CT molecular complexity index is 154. The molecule has 50 valence electrons. The summed E-state index contributed by atoms with van der Waals surface area (Å²) in [5.74, 6) is -0.213. The van der Waals surface area contributed by atoms with E-state index in [4.69, 9.17) is 16.3 Å². The highest BCUT2D eigenvalue weighted by Crippen LogP contribution is 2.10. The maximum Gasteiger partial charge on any atom is 0.258 e. The van der Waals surface area contributed by atoms with Crippen LogP contribution < -0.4 is 0 Å². The molecule has 1 fully saturated rings. The Kier molecular flexibility index (Phi) is 1.83. The van der Waals surface area contributed by atoms with Crippen molar-refractivity contribution in [1.29, 1.82) is 0 Å². The van der Waals surface area contributed by atoms with Crippen LogP contribution in [0, 0.1) is 0 Å². The molecule has 0 saturated carbocycles. The first-order chi connectivity index (χ1) is 4.22. The average molecular weight is 149 g/mol. The molecular weight excluding hydrogens is 144 g/mol. The van der Waals surface area contributed by atoms with E-state index in [-0.39, 0.29) is 5.78 Å². The molecule has 1 aliphatic heterocycles. The molecule has 9 heavy (non-hydrogen) atoms. The molecule has 0 amide bonds. The topological polar surface area (TPSA) is 43.4 Å². The Morgan fingerprint density at radius 2 is 2.44 bits per heavy atom. The SMILES string of the molecule is O=C(Cl)C1OCCC1=O. The number of hydrogen-bond donors (Lipinski definition) is 0. The molecule has 0 aromatic rings. The van der Waals surface area contributed by atoms with Gasteiger partial charge in [-0.25, -0.2) is 0 Å². The van der Waals surface area contributed by atoms with Gasteiger partial charge in [-0.3, -0.25) is 9.59 Å². The molecule has 1 rings (SSSR count). The lowest BCUT2D eigenvalue weighted by atomic mass is 10.2. The largest absolute Gasteiger partial charge is 0.361 e. The first kappa shape index (κ1) is 6.71. The van der Waals surface area contributed by atoms with E-state index in [0.717, 1.165) is 0 Å². The van der Waals surface area contributed by atoms with Crippen molar-refractivity contribution < 1.29 is 14.3 Å². The molecule has 0 spiro atoms. The summed E-state index contributed by atoms with van der Waals surface area (Å²) in [5, 5.41) is -0.711. The van der Waals surface area contributed by atoms with Gasteiger partial charge < -0.3 is 4.74 Å². The van der Waals surface area contributed by atoms with E-state index >= 15 is 0 Å². The fourth-order valence-corrected chi connectivity index (χ4v) is 0.878. The maximum atomic E-state index is 10.6. The molecule has 1 heterocycles. The summed E-state index contributed by atoms with van der Waals surface area (Å²) in [5.41, 5.74) is 0. The summed E-state index contributed by atoms with van der Waals surface area (Å²) in [7, 11) is 0. The van der Waals surface area contributed by atoms with Crippen LogP contribution in [0.5, 0.6) is 0 Å². The van der Waals surface area contributed by atoms with Crippen molar-refractivity contribution in [3.63, 3.8) is 0 Å². The van der Waals surface area contributed by atoms with E-state index in [9.17, 15) is 9.59 Å². The maximum absolute atomic E-state index is 10.6. The van der Waals surface area contributed by atoms with Crippen molar-refractivity contribution in [2.45, 2.75) is 12.5 Å². The molecule has 0 radical (unpaired) electrons. The monoisotopic (exact) mass is 148 g/mol. The number of rotatable bonds is 1. The average Bonchev–Trinajstić information content (AvgIpc) is 2.13. The van der Waals surface area contributed by atoms with Crippen LogP contribution in [0.2, 0.25) is 0 Å². The Hall–Kier alpha value is -0.410. The summed E-state index contributed by atoms with van der Waals surface area (Å²) < 4.78 is 4.70. The lowest BCUT2D eigenvalue weighted by Crippen LogP contribution is -2.21. The van der Waals surface area contributed by atoms with Gasteiger partial charge in [0.25, 0.3) is 5.24 Å². The van der Waals surface area contributed by atoms with Crippen LogP contribution >= 0.6 is 11.6 Å². The third-order valence-corrected chi connectivity index (χ3v) is 1.33. The Labute approximate surface area is 56.9 Å². The van der Waals surface area contributed by atoms with Crippen molar-refractivity contribution >= 4 is 22.6 Å². The predicted molar refractivity (Wildman–Crippen MR) is 30.2 cm³/mol. The fourth-order valence-electron chi connectivity index (χ4n) is 0.693. The zero-order valence-corrected chi connectivity index (χ0v) is 5.35. The molecule has 1 unspecified atom stereocenters. The van der Waals surface area contributed by atoms with E-state index < -0.39 is 11.3 Å². The summed E-state index contributed by atoms with van der Waals surface area (Å²) in [6.07, 6.45) is -0.671. The van der Waals surface area contributed by atoms with E-state index in [2.05, 4.69) is 0 Å². The lowest BCUT2D eigenvalue weighted by molar-refractivity contribution is -0.130. The number of ketones is 1. The van der Waals surface area contributed by atoms with Gasteiger partial charge in [0, 0.05) is 6.42 Å². The predicted octanol–water partition coefficient (Wildman–Crippen LogP) is 0.110. The van der Waals surface area contributed by atoms with Crippen LogP contribution in [0.15, 0.2) is 0 Å². The molecule has 4 heteroatoms.